The van der Waals surface area contributed by atoms with E-state index in [1.165, 1.54) is 18.4 Å². The van der Waals surface area contributed by atoms with Gasteiger partial charge in [0.25, 0.3) is 0 Å². The van der Waals surface area contributed by atoms with Crippen molar-refractivity contribution in [2.75, 3.05) is 0 Å². The summed E-state index contributed by atoms with van der Waals surface area (Å²) in [6, 6.07) is 8.42. The monoisotopic (exact) mass is 385 g/mol. The van der Waals surface area contributed by atoms with Crippen molar-refractivity contribution >= 4 is 11.9 Å². The number of hydrogen-bond donors (Lipinski definition) is 0. The first-order valence-electron chi connectivity index (χ1n) is 10.9. The van der Waals surface area contributed by atoms with Crippen molar-refractivity contribution in [3.05, 3.63) is 35.4 Å². The van der Waals surface area contributed by atoms with Gasteiger partial charge in [0.05, 0.1) is 0 Å². The molecule has 2 fully saturated rings. The van der Waals surface area contributed by atoms with Crippen LogP contribution in [-0.4, -0.2) is 34.5 Å². The lowest BCUT2D eigenvalue weighted by Crippen LogP contribution is -2.56. The maximum Gasteiger partial charge on any atom is 0.410 e. The Bertz CT molecular complexity index is 675. The Balaban J connectivity index is 1.67. The number of piperidine rings is 2. The van der Waals surface area contributed by atoms with Gasteiger partial charge in [0.2, 0.25) is 0 Å². The molecule has 154 valence electrons. The lowest BCUT2D eigenvalue weighted by molar-refractivity contribution is -0.0260. The molecule has 0 N–H and O–H groups in total. The quantitative estimate of drug-likeness (QED) is 0.604. The third-order valence-corrected chi connectivity index (χ3v) is 6.01. The van der Waals surface area contributed by atoms with Crippen LogP contribution in [0.15, 0.2) is 24.3 Å². The predicted molar refractivity (Wildman–Crippen MR) is 112 cm³/mol. The van der Waals surface area contributed by atoms with Crippen molar-refractivity contribution in [2.24, 2.45) is 5.92 Å². The molecule has 1 aromatic rings. The summed E-state index contributed by atoms with van der Waals surface area (Å²) in [7, 11) is 0. The van der Waals surface area contributed by atoms with Crippen LogP contribution in [0.3, 0.4) is 0 Å². The minimum absolute atomic E-state index is 0.00970. The van der Waals surface area contributed by atoms with Gasteiger partial charge in [0.15, 0.2) is 5.78 Å². The van der Waals surface area contributed by atoms with Crippen molar-refractivity contribution in [2.45, 2.75) is 96.7 Å². The largest absolute Gasteiger partial charge is 0.444 e. The van der Waals surface area contributed by atoms with Crippen LogP contribution in [0.5, 0.6) is 0 Å². The van der Waals surface area contributed by atoms with Crippen molar-refractivity contribution < 1.29 is 14.3 Å². The molecule has 2 heterocycles. The zero-order valence-corrected chi connectivity index (χ0v) is 17.9. The Morgan fingerprint density at radius 2 is 1.68 bits per heavy atom. The molecule has 4 heteroatoms. The van der Waals surface area contributed by atoms with Crippen LogP contribution in [0.1, 0.15) is 88.6 Å². The number of benzene rings is 1. The summed E-state index contributed by atoms with van der Waals surface area (Å²) in [4.78, 5) is 27.8. The lowest BCUT2D eigenvalue weighted by Gasteiger charge is -2.48. The molecule has 3 rings (SSSR count). The average molecular weight is 386 g/mol. The third-order valence-electron chi connectivity index (χ3n) is 6.01. The van der Waals surface area contributed by atoms with E-state index in [-0.39, 0.29) is 29.9 Å². The van der Waals surface area contributed by atoms with E-state index in [4.69, 9.17) is 4.74 Å². The molecule has 0 radical (unpaired) electrons. The molecule has 0 aliphatic carbocycles. The van der Waals surface area contributed by atoms with Gasteiger partial charge in [-0.2, -0.15) is 0 Å². The highest BCUT2D eigenvalue weighted by Crippen LogP contribution is 2.39. The van der Waals surface area contributed by atoms with Crippen molar-refractivity contribution in [3.8, 4) is 0 Å². The van der Waals surface area contributed by atoms with Crippen molar-refractivity contribution in [1.82, 2.24) is 4.90 Å². The number of carbonyl (C=O) groups excluding carboxylic acids is 2. The minimum atomic E-state index is -0.489. The van der Waals surface area contributed by atoms with E-state index in [9.17, 15) is 9.59 Å². The van der Waals surface area contributed by atoms with Gasteiger partial charge >= 0.3 is 6.09 Å². The fourth-order valence-corrected chi connectivity index (χ4v) is 4.66. The number of Topliss-reactive ketones (excluding diaryl/α,β-unsaturated/α-hetero) is 1. The number of hydrogen-bond acceptors (Lipinski definition) is 3. The van der Waals surface area contributed by atoms with Gasteiger partial charge in [-0.15, -0.1) is 0 Å². The minimum Gasteiger partial charge on any atom is -0.444 e. The van der Waals surface area contributed by atoms with Crippen LogP contribution < -0.4 is 0 Å². The zero-order chi connectivity index (χ0) is 20.3. The topological polar surface area (TPSA) is 46.6 Å². The number of ether oxygens (including phenoxy) is 1. The van der Waals surface area contributed by atoms with Gasteiger partial charge in [-0.1, -0.05) is 37.6 Å². The van der Waals surface area contributed by atoms with E-state index >= 15 is 0 Å². The third kappa shape index (κ3) is 4.95. The molecule has 1 amide bonds. The number of aryl methyl sites for hydroxylation is 1. The highest BCUT2D eigenvalue weighted by atomic mass is 16.6. The number of amides is 1. The van der Waals surface area contributed by atoms with E-state index in [1.54, 1.807) is 0 Å². The van der Waals surface area contributed by atoms with Gasteiger partial charge in [-0.3, -0.25) is 4.79 Å². The summed E-state index contributed by atoms with van der Waals surface area (Å²) in [6.45, 7) is 7.90. The standard InChI is InChI=1S/C24H35NO3/c1-5-6-8-17-11-13-18(14-12-17)22(26)19-15-20-9-7-10-21(16-19)25(20)23(27)28-24(2,3)4/h11-14,19-21H,5-10,15-16H2,1-4H3. The molecule has 4 nitrogen and oxygen atoms in total. The molecule has 2 aliphatic heterocycles. The van der Waals surface area contributed by atoms with E-state index < -0.39 is 5.60 Å². The molecule has 2 aliphatic rings. The lowest BCUT2D eigenvalue weighted by atomic mass is 9.76. The van der Waals surface area contributed by atoms with Crippen LogP contribution >= 0.6 is 0 Å². The Labute approximate surface area is 169 Å². The van der Waals surface area contributed by atoms with E-state index in [2.05, 4.69) is 19.1 Å². The first kappa shape index (κ1) is 20.9. The molecule has 2 unspecified atom stereocenters. The molecule has 0 spiro atoms. The molecule has 28 heavy (non-hydrogen) atoms. The Morgan fingerprint density at radius 3 is 2.21 bits per heavy atom. The zero-order valence-electron chi connectivity index (χ0n) is 17.9. The van der Waals surface area contributed by atoms with Gasteiger partial charge in [-0.05, 0) is 71.3 Å². The van der Waals surface area contributed by atoms with Crippen LogP contribution in [0.4, 0.5) is 4.79 Å². The molecular formula is C24H35NO3. The average Bonchev–Trinajstić information content (AvgIpc) is 2.63. The molecule has 0 saturated carbocycles. The summed E-state index contributed by atoms with van der Waals surface area (Å²) in [5.74, 6) is 0.248. The normalized spacial score (nSPS) is 24.7. The summed E-state index contributed by atoms with van der Waals surface area (Å²) in [5.41, 5.74) is 1.63. The highest BCUT2D eigenvalue weighted by molar-refractivity contribution is 5.98. The van der Waals surface area contributed by atoms with E-state index in [1.807, 2.05) is 37.8 Å². The summed E-state index contributed by atoms with van der Waals surface area (Å²) < 4.78 is 5.64. The highest BCUT2D eigenvalue weighted by Gasteiger charge is 2.44. The van der Waals surface area contributed by atoms with Gasteiger partial charge in [0, 0.05) is 23.6 Å². The Kier molecular flexibility index (Phi) is 6.47. The first-order valence-corrected chi connectivity index (χ1v) is 10.9. The van der Waals surface area contributed by atoms with Crippen molar-refractivity contribution in [3.63, 3.8) is 0 Å². The molecular weight excluding hydrogens is 350 g/mol. The maximum atomic E-state index is 13.1. The van der Waals surface area contributed by atoms with Gasteiger partial charge in [0.1, 0.15) is 5.60 Å². The Morgan fingerprint density at radius 1 is 1.07 bits per heavy atom. The van der Waals surface area contributed by atoms with E-state index in [0.717, 1.165) is 44.1 Å². The van der Waals surface area contributed by atoms with Gasteiger partial charge in [-0.25, -0.2) is 4.79 Å². The van der Waals surface area contributed by atoms with Gasteiger partial charge < -0.3 is 9.64 Å². The number of ketones is 1. The fourth-order valence-electron chi connectivity index (χ4n) is 4.66. The predicted octanol–water partition coefficient (Wildman–Crippen LogP) is 5.78. The molecule has 2 bridgehead atoms. The van der Waals surface area contributed by atoms with Crippen LogP contribution in [0, 0.1) is 5.92 Å². The van der Waals surface area contributed by atoms with Crippen molar-refractivity contribution in [1.29, 1.82) is 0 Å². The summed E-state index contributed by atoms with van der Waals surface area (Å²) in [5, 5.41) is 0. The van der Waals surface area contributed by atoms with Crippen LogP contribution in [0.2, 0.25) is 0 Å². The number of nitrogens with zero attached hydrogens (tertiary/aromatic N) is 1. The van der Waals surface area contributed by atoms with E-state index in [0.29, 0.717) is 0 Å². The molecule has 0 aromatic heterocycles. The maximum absolute atomic E-state index is 13.1. The second-order valence-corrected chi connectivity index (χ2v) is 9.46. The van der Waals surface area contributed by atoms with Crippen LogP contribution in [-0.2, 0) is 11.2 Å². The second-order valence-electron chi connectivity index (χ2n) is 9.46. The smallest absolute Gasteiger partial charge is 0.410 e. The summed E-state index contributed by atoms with van der Waals surface area (Å²) >= 11 is 0. The first-order chi connectivity index (χ1) is 13.3. The second kappa shape index (κ2) is 8.67. The molecule has 1 aromatic carbocycles. The SMILES string of the molecule is CCCCc1ccc(C(=O)C2CC3CCCC(C2)N3C(=O)OC(C)(C)C)cc1. The van der Waals surface area contributed by atoms with Crippen LogP contribution in [0.25, 0.3) is 0 Å². The number of carbonyl (C=O) groups is 2. The fraction of sp³-hybridized carbons (Fsp3) is 0.667. The number of fused-ring (bicyclic) bond motifs is 2. The molecule has 2 saturated heterocycles. The Hall–Kier alpha value is -1.84. The summed E-state index contributed by atoms with van der Waals surface area (Å²) in [6.07, 6.45) is 7.79. The number of unbranched alkanes of at least 4 members (excludes halogenated alkanes) is 1. The number of rotatable bonds is 5. The molecule has 2 atom stereocenters.